The molecule has 2 heterocycles. The number of carbonyl (C=O) groups is 2. The first-order chi connectivity index (χ1) is 16.7. The van der Waals surface area contributed by atoms with Gasteiger partial charge in [0.05, 0.1) is 12.8 Å². The number of benzene rings is 2. The number of methoxy groups -OCH3 is 1. The van der Waals surface area contributed by atoms with Gasteiger partial charge >= 0.3 is 0 Å². The van der Waals surface area contributed by atoms with Gasteiger partial charge in [-0.2, -0.15) is 0 Å². The molecule has 1 atom stereocenters. The Morgan fingerprint density at radius 3 is 2.63 bits per heavy atom. The van der Waals surface area contributed by atoms with Crippen LogP contribution >= 0.6 is 15.9 Å². The lowest BCUT2D eigenvalue weighted by Gasteiger charge is -2.40. The van der Waals surface area contributed by atoms with Crippen LogP contribution in [0.2, 0.25) is 0 Å². The van der Waals surface area contributed by atoms with Gasteiger partial charge in [-0.3, -0.25) is 9.59 Å². The van der Waals surface area contributed by atoms with Crippen molar-refractivity contribution < 1.29 is 23.8 Å². The number of dihydropyridines is 1. The number of allylic oxidation sites excluding steroid dienone is 3. The summed E-state index contributed by atoms with van der Waals surface area (Å²) in [5.74, 6) is 0.925. The molecule has 35 heavy (non-hydrogen) atoms. The van der Waals surface area contributed by atoms with Gasteiger partial charge in [0.25, 0.3) is 5.91 Å². The van der Waals surface area contributed by atoms with Crippen molar-refractivity contribution in [2.24, 2.45) is 5.41 Å². The van der Waals surface area contributed by atoms with Gasteiger partial charge in [0, 0.05) is 39.4 Å². The summed E-state index contributed by atoms with van der Waals surface area (Å²) < 4.78 is 17.3. The topological polar surface area (TPSA) is 85.9 Å². The highest BCUT2D eigenvalue weighted by molar-refractivity contribution is 9.10. The molecule has 0 radical (unpaired) electrons. The van der Waals surface area contributed by atoms with Crippen molar-refractivity contribution in [1.82, 2.24) is 5.32 Å². The molecule has 2 aromatic carbocycles. The third kappa shape index (κ3) is 4.20. The van der Waals surface area contributed by atoms with Crippen molar-refractivity contribution >= 4 is 33.3 Å². The Bertz CT molecular complexity index is 1310. The van der Waals surface area contributed by atoms with E-state index in [1.54, 1.807) is 19.2 Å². The van der Waals surface area contributed by atoms with E-state index in [0.29, 0.717) is 52.6 Å². The number of hydrogen-bond donors (Lipinski definition) is 2. The maximum Gasteiger partial charge on any atom is 0.254 e. The highest BCUT2D eigenvalue weighted by Gasteiger charge is 2.43. The molecule has 5 rings (SSSR count). The lowest BCUT2D eigenvalue weighted by molar-refractivity contribution is -0.118. The molecule has 1 aliphatic carbocycles. The number of nitrogens with one attached hydrogen (secondary N) is 2. The molecule has 0 aromatic heterocycles. The van der Waals surface area contributed by atoms with Crippen LogP contribution in [-0.2, 0) is 9.59 Å². The molecule has 2 aromatic rings. The zero-order chi connectivity index (χ0) is 24.9. The molecule has 2 N–H and O–H groups in total. The van der Waals surface area contributed by atoms with Crippen LogP contribution in [0.15, 0.2) is 63.4 Å². The van der Waals surface area contributed by atoms with Crippen molar-refractivity contribution in [3.63, 3.8) is 0 Å². The molecular formula is C27H27BrN2O5. The number of halogens is 1. The molecule has 1 amide bonds. The van der Waals surface area contributed by atoms with E-state index in [2.05, 4.69) is 40.4 Å². The van der Waals surface area contributed by atoms with Gasteiger partial charge in [-0.05, 0) is 48.6 Å². The zero-order valence-electron chi connectivity index (χ0n) is 20.1. The average molecular weight is 539 g/mol. The number of para-hydroxylation sites is 2. The summed E-state index contributed by atoms with van der Waals surface area (Å²) in [5.41, 5.74) is 3.84. The molecule has 3 aliphatic rings. The van der Waals surface area contributed by atoms with E-state index in [1.807, 2.05) is 31.2 Å². The van der Waals surface area contributed by atoms with Crippen LogP contribution in [0, 0.1) is 5.41 Å². The molecule has 2 aliphatic heterocycles. The minimum atomic E-state index is -0.576. The summed E-state index contributed by atoms with van der Waals surface area (Å²) in [6.07, 6.45) is 1.12. The second-order valence-electron chi connectivity index (χ2n) is 9.81. The molecule has 0 bridgehead atoms. The number of carbonyl (C=O) groups excluding carboxylic acids is 2. The maximum atomic E-state index is 13.8. The number of anilines is 1. The Balaban J connectivity index is 1.65. The van der Waals surface area contributed by atoms with E-state index in [0.717, 1.165) is 15.7 Å². The Labute approximate surface area is 212 Å². The highest BCUT2D eigenvalue weighted by atomic mass is 79.9. The largest absolute Gasteiger partial charge is 0.495 e. The van der Waals surface area contributed by atoms with E-state index < -0.39 is 5.92 Å². The summed E-state index contributed by atoms with van der Waals surface area (Å²) in [5, 5.41) is 6.39. The first-order valence-electron chi connectivity index (χ1n) is 11.5. The van der Waals surface area contributed by atoms with E-state index in [4.69, 9.17) is 14.2 Å². The van der Waals surface area contributed by atoms with Crippen LogP contribution in [-0.4, -0.2) is 25.6 Å². The minimum absolute atomic E-state index is 0.0356. The van der Waals surface area contributed by atoms with E-state index in [1.165, 1.54) is 0 Å². The normalized spacial score (nSPS) is 20.4. The summed E-state index contributed by atoms with van der Waals surface area (Å²) in [4.78, 5) is 27.4. The van der Waals surface area contributed by atoms with Crippen molar-refractivity contribution in [2.45, 2.75) is 39.5 Å². The van der Waals surface area contributed by atoms with Crippen molar-refractivity contribution in [3.05, 3.63) is 69.0 Å². The number of ether oxygens (including phenoxy) is 3. The lowest BCUT2D eigenvalue weighted by Crippen LogP contribution is -2.39. The van der Waals surface area contributed by atoms with Crippen LogP contribution in [0.5, 0.6) is 17.2 Å². The molecule has 0 spiro atoms. The van der Waals surface area contributed by atoms with Gasteiger partial charge in [-0.25, -0.2) is 0 Å². The quantitative estimate of drug-likeness (QED) is 0.539. The SMILES string of the molecule is COc1ccccc1NC(=O)C1=C(C)NC2=C(C(=O)CC(C)(C)C2)[C@H]1c1cc2c(cc1Br)OCO2. The molecule has 0 fully saturated rings. The Hall–Kier alpha value is -3.26. The zero-order valence-corrected chi connectivity index (χ0v) is 21.7. The molecular weight excluding hydrogens is 512 g/mol. The predicted octanol–water partition coefficient (Wildman–Crippen LogP) is 5.43. The second kappa shape index (κ2) is 8.75. The Morgan fingerprint density at radius 1 is 1.17 bits per heavy atom. The van der Waals surface area contributed by atoms with Crippen LogP contribution in [0.25, 0.3) is 0 Å². The van der Waals surface area contributed by atoms with Gasteiger partial charge < -0.3 is 24.8 Å². The summed E-state index contributed by atoms with van der Waals surface area (Å²) >= 11 is 3.67. The number of ketones is 1. The van der Waals surface area contributed by atoms with Gasteiger partial charge in [-0.15, -0.1) is 0 Å². The van der Waals surface area contributed by atoms with Gasteiger partial charge in [0.2, 0.25) is 6.79 Å². The van der Waals surface area contributed by atoms with Gasteiger partial charge in [0.15, 0.2) is 17.3 Å². The lowest BCUT2D eigenvalue weighted by atomic mass is 9.68. The first-order valence-corrected chi connectivity index (χ1v) is 12.3. The van der Waals surface area contributed by atoms with Crippen molar-refractivity contribution in [1.29, 1.82) is 0 Å². The third-order valence-corrected chi connectivity index (χ3v) is 7.33. The van der Waals surface area contributed by atoms with E-state index >= 15 is 0 Å². The molecule has 0 saturated carbocycles. The summed E-state index contributed by atoms with van der Waals surface area (Å²) in [6.45, 7) is 6.19. The molecule has 0 unspecified atom stereocenters. The number of Topliss-reactive ketones (excluding diaryl/α,β-unsaturated/α-hetero) is 1. The van der Waals surface area contributed by atoms with E-state index in [9.17, 15) is 9.59 Å². The van der Waals surface area contributed by atoms with Crippen LogP contribution in [0.3, 0.4) is 0 Å². The number of fused-ring (bicyclic) bond motifs is 1. The average Bonchev–Trinajstić information content (AvgIpc) is 3.24. The molecule has 7 nitrogen and oxygen atoms in total. The van der Waals surface area contributed by atoms with E-state index in [-0.39, 0.29) is 23.9 Å². The first kappa shape index (κ1) is 23.5. The molecule has 0 saturated heterocycles. The smallest absolute Gasteiger partial charge is 0.254 e. The van der Waals surface area contributed by atoms with Crippen LogP contribution in [0.4, 0.5) is 5.69 Å². The fourth-order valence-corrected chi connectivity index (χ4v) is 5.69. The van der Waals surface area contributed by atoms with Crippen LogP contribution in [0.1, 0.15) is 45.1 Å². The second-order valence-corrected chi connectivity index (χ2v) is 10.7. The maximum absolute atomic E-state index is 13.8. The molecule has 182 valence electrons. The minimum Gasteiger partial charge on any atom is -0.495 e. The Morgan fingerprint density at radius 2 is 1.89 bits per heavy atom. The van der Waals surface area contributed by atoms with Crippen LogP contribution < -0.4 is 24.8 Å². The van der Waals surface area contributed by atoms with Gasteiger partial charge in [0.1, 0.15) is 5.75 Å². The third-order valence-electron chi connectivity index (χ3n) is 6.64. The summed E-state index contributed by atoms with van der Waals surface area (Å²) in [6, 6.07) is 10.9. The van der Waals surface area contributed by atoms with Crippen molar-refractivity contribution in [3.8, 4) is 17.2 Å². The fraction of sp³-hybridized carbons (Fsp3) is 0.333. The predicted molar refractivity (Wildman–Crippen MR) is 136 cm³/mol. The number of hydrogen-bond acceptors (Lipinski definition) is 6. The number of rotatable bonds is 4. The monoisotopic (exact) mass is 538 g/mol. The highest BCUT2D eigenvalue weighted by Crippen LogP contribution is 2.50. The number of amides is 1. The Kier molecular flexibility index (Phi) is 5.87. The van der Waals surface area contributed by atoms with Gasteiger partial charge in [-0.1, -0.05) is 41.9 Å². The standard InChI is InChI=1S/C27H27BrN2O5/c1-14-23(26(32)30-17-7-5-6-8-20(17)33-4)24(15-9-21-22(10-16(15)28)35-13-34-21)25-18(29-14)11-27(2,3)12-19(25)31/h5-10,24,29H,11-13H2,1-4H3,(H,30,32)/t24-/m0/s1. The van der Waals surface area contributed by atoms with Crippen molar-refractivity contribution in [2.75, 3.05) is 19.2 Å². The fourth-order valence-electron chi connectivity index (χ4n) is 5.14. The molecule has 8 heteroatoms. The summed E-state index contributed by atoms with van der Waals surface area (Å²) in [7, 11) is 1.56.